The lowest BCUT2D eigenvalue weighted by molar-refractivity contribution is -0.0495. The largest absolute Gasteiger partial charge is 0.374 e. The van der Waals surface area contributed by atoms with Gasteiger partial charge in [0.05, 0.1) is 12.7 Å². The van der Waals surface area contributed by atoms with Crippen molar-refractivity contribution in [3.63, 3.8) is 0 Å². The summed E-state index contributed by atoms with van der Waals surface area (Å²) in [6, 6.07) is 7.00. The maximum absolute atomic E-state index is 12.9. The van der Waals surface area contributed by atoms with Crippen LogP contribution in [0.3, 0.4) is 0 Å². The van der Waals surface area contributed by atoms with Crippen molar-refractivity contribution in [1.82, 2.24) is 4.90 Å². The maximum Gasteiger partial charge on any atom is 0.123 e. The third kappa shape index (κ3) is 4.00. The highest BCUT2D eigenvalue weighted by molar-refractivity contribution is 5.17. The molecule has 0 aromatic heterocycles. The molecule has 0 spiro atoms. The molecule has 0 saturated carbocycles. The summed E-state index contributed by atoms with van der Waals surface area (Å²) >= 11 is 0. The first-order valence-electron chi connectivity index (χ1n) is 6.92. The number of ether oxygens (including phenoxy) is 1. The minimum Gasteiger partial charge on any atom is -0.374 e. The smallest absolute Gasteiger partial charge is 0.123 e. The number of rotatable bonds is 4. The summed E-state index contributed by atoms with van der Waals surface area (Å²) in [5.41, 5.74) is 7.29. The van der Waals surface area contributed by atoms with Crippen molar-refractivity contribution in [1.29, 1.82) is 0 Å². The molecule has 0 aliphatic carbocycles. The SMILES string of the molecule is CC(C)N1CCOC(C(N)Cc2ccc(F)cc2)C1. The zero-order chi connectivity index (χ0) is 13.8. The van der Waals surface area contributed by atoms with E-state index in [0.29, 0.717) is 6.04 Å². The van der Waals surface area contributed by atoms with E-state index in [1.165, 1.54) is 12.1 Å². The highest BCUT2D eigenvalue weighted by Gasteiger charge is 2.27. The molecule has 4 heteroatoms. The van der Waals surface area contributed by atoms with Crippen molar-refractivity contribution in [2.45, 2.75) is 38.5 Å². The zero-order valence-corrected chi connectivity index (χ0v) is 11.7. The molecule has 1 heterocycles. The van der Waals surface area contributed by atoms with Crippen LogP contribution in [0.4, 0.5) is 4.39 Å². The molecule has 1 fully saturated rings. The first-order chi connectivity index (χ1) is 9.06. The predicted molar refractivity (Wildman–Crippen MR) is 74.5 cm³/mol. The predicted octanol–water partition coefficient (Wildman–Crippen LogP) is 1.80. The Morgan fingerprint density at radius 1 is 1.37 bits per heavy atom. The van der Waals surface area contributed by atoms with Crippen molar-refractivity contribution < 1.29 is 9.13 Å². The molecular formula is C15H23FN2O. The summed E-state index contributed by atoms with van der Waals surface area (Å²) < 4.78 is 18.6. The zero-order valence-electron chi connectivity index (χ0n) is 11.7. The fraction of sp³-hybridized carbons (Fsp3) is 0.600. The lowest BCUT2D eigenvalue weighted by Gasteiger charge is -2.37. The Bertz CT molecular complexity index is 394. The molecule has 2 atom stereocenters. The third-order valence-electron chi connectivity index (χ3n) is 3.72. The third-order valence-corrected chi connectivity index (χ3v) is 3.72. The van der Waals surface area contributed by atoms with Gasteiger partial charge in [-0.1, -0.05) is 12.1 Å². The molecular weight excluding hydrogens is 243 g/mol. The molecule has 19 heavy (non-hydrogen) atoms. The van der Waals surface area contributed by atoms with Gasteiger partial charge in [0.2, 0.25) is 0 Å². The Labute approximate surface area is 114 Å². The number of halogens is 1. The molecule has 3 nitrogen and oxygen atoms in total. The second-order valence-corrected chi connectivity index (χ2v) is 5.49. The minimum atomic E-state index is -0.211. The Kier molecular flexibility index (Phi) is 4.91. The van der Waals surface area contributed by atoms with Gasteiger partial charge in [-0.15, -0.1) is 0 Å². The topological polar surface area (TPSA) is 38.5 Å². The number of benzene rings is 1. The number of morpholine rings is 1. The van der Waals surface area contributed by atoms with Crippen LogP contribution in [0.1, 0.15) is 19.4 Å². The van der Waals surface area contributed by atoms with E-state index < -0.39 is 0 Å². The van der Waals surface area contributed by atoms with E-state index in [4.69, 9.17) is 10.5 Å². The summed E-state index contributed by atoms with van der Waals surface area (Å²) in [4.78, 5) is 2.39. The van der Waals surface area contributed by atoms with Gasteiger partial charge in [0, 0.05) is 25.2 Å². The van der Waals surface area contributed by atoms with Crippen molar-refractivity contribution in [2.24, 2.45) is 5.73 Å². The molecule has 2 unspecified atom stereocenters. The summed E-state index contributed by atoms with van der Waals surface area (Å²) in [7, 11) is 0. The summed E-state index contributed by atoms with van der Waals surface area (Å²) in [5.74, 6) is -0.211. The fourth-order valence-corrected chi connectivity index (χ4v) is 2.45. The average Bonchev–Trinajstić information content (AvgIpc) is 2.41. The van der Waals surface area contributed by atoms with E-state index in [1.54, 1.807) is 12.1 Å². The molecule has 0 bridgehead atoms. The summed E-state index contributed by atoms with van der Waals surface area (Å²) in [6.45, 7) is 6.96. The molecule has 1 aliphatic heterocycles. The van der Waals surface area contributed by atoms with Gasteiger partial charge < -0.3 is 10.5 Å². The quantitative estimate of drug-likeness (QED) is 0.903. The molecule has 0 radical (unpaired) electrons. The van der Waals surface area contributed by atoms with Crippen LogP contribution in [0.5, 0.6) is 0 Å². The van der Waals surface area contributed by atoms with E-state index in [-0.39, 0.29) is 18.0 Å². The Hall–Kier alpha value is -0.970. The second kappa shape index (κ2) is 6.46. The van der Waals surface area contributed by atoms with Crippen molar-refractivity contribution >= 4 is 0 Å². The van der Waals surface area contributed by atoms with Crippen molar-refractivity contribution in [2.75, 3.05) is 19.7 Å². The molecule has 2 rings (SSSR count). The van der Waals surface area contributed by atoms with Gasteiger partial charge in [0.25, 0.3) is 0 Å². The van der Waals surface area contributed by atoms with Crippen LogP contribution in [0.15, 0.2) is 24.3 Å². The minimum absolute atomic E-state index is 0.0491. The van der Waals surface area contributed by atoms with E-state index in [9.17, 15) is 4.39 Å². The molecule has 2 N–H and O–H groups in total. The number of hydrogen-bond donors (Lipinski definition) is 1. The van der Waals surface area contributed by atoms with Gasteiger partial charge in [0.15, 0.2) is 0 Å². The van der Waals surface area contributed by atoms with Crippen LogP contribution in [0.2, 0.25) is 0 Å². The van der Waals surface area contributed by atoms with Crippen LogP contribution >= 0.6 is 0 Å². The fourth-order valence-electron chi connectivity index (χ4n) is 2.45. The lowest BCUT2D eigenvalue weighted by Crippen LogP contribution is -2.53. The van der Waals surface area contributed by atoms with Crippen molar-refractivity contribution in [3.8, 4) is 0 Å². The van der Waals surface area contributed by atoms with Gasteiger partial charge in [-0.05, 0) is 38.0 Å². The number of nitrogens with two attached hydrogens (primary N) is 1. The van der Waals surface area contributed by atoms with Gasteiger partial charge in [-0.2, -0.15) is 0 Å². The van der Waals surface area contributed by atoms with E-state index in [1.807, 2.05) is 0 Å². The molecule has 1 aromatic rings. The van der Waals surface area contributed by atoms with Gasteiger partial charge in [-0.3, -0.25) is 4.90 Å². The van der Waals surface area contributed by atoms with Gasteiger partial charge >= 0.3 is 0 Å². The van der Waals surface area contributed by atoms with Crippen LogP contribution in [-0.4, -0.2) is 42.8 Å². The summed E-state index contributed by atoms with van der Waals surface area (Å²) in [6.07, 6.45) is 0.776. The van der Waals surface area contributed by atoms with Crippen LogP contribution in [0.25, 0.3) is 0 Å². The number of nitrogens with zero attached hydrogens (tertiary/aromatic N) is 1. The first kappa shape index (κ1) is 14.4. The van der Waals surface area contributed by atoms with E-state index in [0.717, 1.165) is 31.7 Å². The normalized spacial score (nSPS) is 22.7. The highest BCUT2D eigenvalue weighted by atomic mass is 19.1. The Morgan fingerprint density at radius 2 is 2.05 bits per heavy atom. The molecule has 1 aromatic carbocycles. The van der Waals surface area contributed by atoms with Crippen LogP contribution in [-0.2, 0) is 11.2 Å². The van der Waals surface area contributed by atoms with Gasteiger partial charge in [0.1, 0.15) is 5.82 Å². The highest BCUT2D eigenvalue weighted by Crippen LogP contribution is 2.14. The van der Waals surface area contributed by atoms with E-state index in [2.05, 4.69) is 18.7 Å². The number of hydrogen-bond acceptors (Lipinski definition) is 3. The van der Waals surface area contributed by atoms with E-state index >= 15 is 0 Å². The molecule has 1 saturated heterocycles. The average molecular weight is 266 g/mol. The monoisotopic (exact) mass is 266 g/mol. The van der Waals surface area contributed by atoms with Gasteiger partial charge in [-0.25, -0.2) is 4.39 Å². The second-order valence-electron chi connectivity index (χ2n) is 5.49. The molecule has 1 aliphatic rings. The van der Waals surface area contributed by atoms with Crippen LogP contribution in [0, 0.1) is 5.82 Å². The standard InChI is InChI=1S/C15H23FN2O/c1-11(2)18-7-8-19-15(10-18)14(17)9-12-3-5-13(16)6-4-12/h3-6,11,14-15H,7-10,17H2,1-2H3. The van der Waals surface area contributed by atoms with Crippen LogP contribution < -0.4 is 5.73 Å². The first-order valence-corrected chi connectivity index (χ1v) is 6.92. The Balaban J connectivity index is 1.92. The molecule has 106 valence electrons. The maximum atomic E-state index is 12.9. The van der Waals surface area contributed by atoms with Crippen molar-refractivity contribution in [3.05, 3.63) is 35.6 Å². The lowest BCUT2D eigenvalue weighted by atomic mass is 10.0. The molecule has 0 amide bonds. The Morgan fingerprint density at radius 3 is 2.68 bits per heavy atom. The summed E-state index contributed by atoms with van der Waals surface area (Å²) in [5, 5.41) is 0.